The van der Waals surface area contributed by atoms with Crippen LogP contribution >= 0.6 is 11.8 Å². The molecule has 1 unspecified atom stereocenters. The van der Waals surface area contributed by atoms with Gasteiger partial charge in [0.15, 0.2) is 0 Å². The minimum atomic E-state index is -0.0816. The minimum absolute atomic E-state index is 0.0311. The van der Waals surface area contributed by atoms with Crippen LogP contribution in [0.4, 0.5) is 5.69 Å². The average Bonchev–Trinajstić information content (AvgIpc) is 2.86. The molecule has 1 aliphatic rings. The Morgan fingerprint density at radius 2 is 2.44 bits per heavy atom. The number of ether oxygens (including phenoxy) is 1. The molecule has 1 aromatic rings. The predicted octanol–water partition coefficient (Wildman–Crippen LogP) is 1.99. The van der Waals surface area contributed by atoms with Gasteiger partial charge in [0.05, 0.1) is 12.6 Å². The Hall–Kier alpha value is -1.20. The summed E-state index contributed by atoms with van der Waals surface area (Å²) in [6.07, 6.45) is 0. The van der Waals surface area contributed by atoms with Crippen LogP contribution < -0.4 is 15.4 Å². The Labute approximate surface area is 111 Å². The van der Waals surface area contributed by atoms with Gasteiger partial charge in [0, 0.05) is 17.3 Å². The first-order valence-electron chi connectivity index (χ1n) is 6.06. The van der Waals surface area contributed by atoms with Crippen molar-refractivity contribution in [1.82, 2.24) is 5.32 Å². The molecule has 0 aliphatic carbocycles. The maximum atomic E-state index is 11.9. The second-order valence-electron chi connectivity index (χ2n) is 4.17. The van der Waals surface area contributed by atoms with Gasteiger partial charge in [0.25, 0.3) is 0 Å². The van der Waals surface area contributed by atoms with Crippen LogP contribution in [0.25, 0.3) is 0 Å². The average molecular weight is 266 g/mol. The first-order chi connectivity index (χ1) is 8.70. The fourth-order valence-electron chi connectivity index (χ4n) is 1.84. The molecule has 1 heterocycles. The zero-order valence-electron chi connectivity index (χ0n) is 10.7. The van der Waals surface area contributed by atoms with Gasteiger partial charge in [0.1, 0.15) is 5.75 Å². The lowest BCUT2D eigenvalue weighted by Gasteiger charge is -2.12. The Morgan fingerprint density at radius 3 is 3.06 bits per heavy atom. The van der Waals surface area contributed by atoms with Crippen LogP contribution in [0.2, 0.25) is 0 Å². The Morgan fingerprint density at radius 1 is 1.61 bits per heavy atom. The van der Waals surface area contributed by atoms with Crippen molar-refractivity contribution in [1.29, 1.82) is 0 Å². The molecule has 0 aromatic heterocycles. The largest absolute Gasteiger partial charge is 0.494 e. The van der Waals surface area contributed by atoms with E-state index in [1.165, 1.54) is 0 Å². The third-order valence-corrected chi connectivity index (χ3v) is 3.71. The molecular formula is C13H18N2O2S. The lowest BCUT2D eigenvalue weighted by atomic mass is 10.2. The minimum Gasteiger partial charge on any atom is -0.494 e. The molecule has 1 fully saturated rings. The van der Waals surface area contributed by atoms with Gasteiger partial charge < -0.3 is 10.1 Å². The summed E-state index contributed by atoms with van der Waals surface area (Å²) >= 11 is 1.74. The zero-order valence-corrected chi connectivity index (χ0v) is 11.5. The van der Waals surface area contributed by atoms with E-state index in [2.05, 4.69) is 10.6 Å². The molecule has 5 heteroatoms. The van der Waals surface area contributed by atoms with Crippen molar-refractivity contribution in [2.45, 2.75) is 19.9 Å². The first-order valence-corrected chi connectivity index (χ1v) is 7.21. The lowest BCUT2D eigenvalue weighted by Crippen LogP contribution is -2.37. The van der Waals surface area contributed by atoms with Crippen molar-refractivity contribution < 1.29 is 9.53 Å². The third kappa shape index (κ3) is 3.17. The molecule has 1 saturated heterocycles. The molecule has 0 radical (unpaired) electrons. The number of carbonyl (C=O) groups excluding carboxylic acids is 1. The quantitative estimate of drug-likeness (QED) is 0.875. The number of aryl methyl sites for hydroxylation is 1. The van der Waals surface area contributed by atoms with Crippen molar-refractivity contribution >= 4 is 23.4 Å². The van der Waals surface area contributed by atoms with E-state index in [9.17, 15) is 4.79 Å². The highest BCUT2D eigenvalue weighted by atomic mass is 32.2. The highest BCUT2D eigenvalue weighted by Gasteiger charge is 2.22. The van der Waals surface area contributed by atoms with E-state index >= 15 is 0 Å². The number of rotatable bonds is 4. The molecule has 2 rings (SSSR count). The highest BCUT2D eigenvalue weighted by Crippen LogP contribution is 2.22. The van der Waals surface area contributed by atoms with Crippen LogP contribution in [-0.4, -0.2) is 30.2 Å². The number of carbonyl (C=O) groups is 1. The Balaban J connectivity index is 2.00. The lowest BCUT2D eigenvalue weighted by molar-refractivity contribution is -0.117. The smallest absolute Gasteiger partial charge is 0.242 e. The van der Waals surface area contributed by atoms with Crippen LogP contribution in [0.15, 0.2) is 18.2 Å². The number of amides is 1. The number of nitrogens with one attached hydrogen (secondary N) is 2. The zero-order chi connectivity index (χ0) is 13.0. The van der Waals surface area contributed by atoms with Crippen molar-refractivity contribution in [3.05, 3.63) is 23.8 Å². The summed E-state index contributed by atoms with van der Waals surface area (Å²) in [6, 6.07) is 5.62. The van der Waals surface area contributed by atoms with E-state index in [0.29, 0.717) is 6.61 Å². The number of benzene rings is 1. The van der Waals surface area contributed by atoms with E-state index in [1.54, 1.807) is 11.8 Å². The predicted molar refractivity (Wildman–Crippen MR) is 75.2 cm³/mol. The molecule has 1 amide bonds. The van der Waals surface area contributed by atoms with Gasteiger partial charge in [-0.25, -0.2) is 0 Å². The standard InChI is InChI=1S/C13H18N2O2S/c1-3-17-12-5-4-10(6-9(12)2)15-13(16)11-7-18-8-14-11/h4-6,11,14H,3,7-8H2,1-2H3,(H,15,16). The molecule has 1 aliphatic heterocycles. The summed E-state index contributed by atoms with van der Waals surface area (Å²) in [5.41, 5.74) is 1.85. The molecule has 1 aromatic carbocycles. The first kappa shape index (κ1) is 13.2. The third-order valence-electron chi connectivity index (χ3n) is 2.78. The van der Waals surface area contributed by atoms with Crippen molar-refractivity contribution in [2.75, 3.05) is 23.6 Å². The molecule has 2 N–H and O–H groups in total. The van der Waals surface area contributed by atoms with E-state index in [1.807, 2.05) is 32.0 Å². The van der Waals surface area contributed by atoms with Crippen LogP contribution in [0.5, 0.6) is 5.75 Å². The van der Waals surface area contributed by atoms with Gasteiger partial charge in [0.2, 0.25) is 5.91 Å². The van der Waals surface area contributed by atoms with E-state index in [4.69, 9.17) is 4.74 Å². The normalized spacial score (nSPS) is 18.7. The highest BCUT2D eigenvalue weighted by molar-refractivity contribution is 7.99. The molecule has 0 spiro atoms. The van der Waals surface area contributed by atoms with E-state index in [-0.39, 0.29) is 11.9 Å². The summed E-state index contributed by atoms with van der Waals surface area (Å²) in [7, 11) is 0. The van der Waals surface area contributed by atoms with Crippen molar-refractivity contribution in [3.8, 4) is 5.75 Å². The van der Waals surface area contributed by atoms with Gasteiger partial charge in [-0.1, -0.05) is 0 Å². The topological polar surface area (TPSA) is 50.4 Å². The summed E-state index contributed by atoms with van der Waals surface area (Å²) in [4.78, 5) is 11.9. The van der Waals surface area contributed by atoms with Gasteiger partial charge in [-0.15, -0.1) is 11.8 Å². The van der Waals surface area contributed by atoms with E-state index < -0.39 is 0 Å². The molecular weight excluding hydrogens is 248 g/mol. The molecule has 18 heavy (non-hydrogen) atoms. The van der Waals surface area contributed by atoms with Crippen LogP contribution in [-0.2, 0) is 4.79 Å². The number of thioether (sulfide) groups is 1. The molecule has 0 bridgehead atoms. The summed E-state index contributed by atoms with van der Waals surface area (Å²) in [5.74, 6) is 2.58. The monoisotopic (exact) mass is 266 g/mol. The van der Waals surface area contributed by atoms with Gasteiger partial charge in [-0.05, 0) is 37.6 Å². The second kappa shape index (κ2) is 6.11. The number of hydrogen-bond donors (Lipinski definition) is 2. The van der Waals surface area contributed by atoms with Crippen molar-refractivity contribution in [3.63, 3.8) is 0 Å². The maximum Gasteiger partial charge on any atom is 0.242 e. The summed E-state index contributed by atoms with van der Waals surface area (Å²) < 4.78 is 5.47. The molecule has 0 saturated carbocycles. The van der Waals surface area contributed by atoms with E-state index in [0.717, 1.165) is 28.6 Å². The van der Waals surface area contributed by atoms with Gasteiger partial charge in [-0.2, -0.15) is 0 Å². The summed E-state index contributed by atoms with van der Waals surface area (Å²) in [5, 5.41) is 6.07. The van der Waals surface area contributed by atoms with Crippen LogP contribution in [0.3, 0.4) is 0 Å². The molecule has 4 nitrogen and oxygen atoms in total. The number of anilines is 1. The maximum absolute atomic E-state index is 11.9. The molecule has 98 valence electrons. The van der Waals surface area contributed by atoms with Crippen molar-refractivity contribution in [2.24, 2.45) is 0 Å². The Bertz CT molecular complexity index is 431. The fourth-order valence-corrected chi connectivity index (χ4v) is 2.78. The van der Waals surface area contributed by atoms with Crippen LogP contribution in [0, 0.1) is 6.92 Å². The molecule has 1 atom stereocenters. The van der Waals surface area contributed by atoms with Crippen LogP contribution in [0.1, 0.15) is 12.5 Å². The second-order valence-corrected chi connectivity index (χ2v) is 5.20. The number of hydrogen-bond acceptors (Lipinski definition) is 4. The summed E-state index contributed by atoms with van der Waals surface area (Å²) in [6.45, 7) is 4.58. The van der Waals surface area contributed by atoms with Gasteiger partial charge >= 0.3 is 0 Å². The SMILES string of the molecule is CCOc1ccc(NC(=O)C2CSCN2)cc1C. The van der Waals surface area contributed by atoms with Gasteiger partial charge in [-0.3, -0.25) is 10.1 Å². The fraction of sp³-hybridized carbons (Fsp3) is 0.462. The Kier molecular flexibility index (Phi) is 4.49.